The number of rotatable bonds is 6. The van der Waals surface area contributed by atoms with E-state index in [2.05, 4.69) is 57.2 Å². The largest absolute Gasteiger partial charge is 0.481 e. The highest BCUT2D eigenvalue weighted by molar-refractivity contribution is 5.69. The summed E-state index contributed by atoms with van der Waals surface area (Å²) in [5.74, 6) is -0.0800. The zero-order chi connectivity index (χ0) is 16.1. The van der Waals surface area contributed by atoms with Crippen molar-refractivity contribution in [1.29, 1.82) is 0 Å². The van der Waals surface area contributed by atoms with Crippen LogP contribution in [0.25, 0.3) is 11.1 Å². The molecule has 0 aliphatic rings. The second kappa shape index (κ2) is 7.26. The molecule has 2 heteroatoms. The molecule has 0 saturated carbocycles. The van der Waals surface area contributed by atoms with Crippen molar-refractivity contribution in [1.82, 2.24) is 0 Å². The summed E-state index contributed by atoms with van der Waals surface area (Å²) < 4.78 is 0. The van der Waals surface area contributed by atoms with Crippen LogP contribution < -0.4 is 0 Å². The van der Waals surface area contributed by atoms with Crippen LogP contribution in [0.1, 0.15) is 37.0 Å². The van der Waals surface area contributed by atoms with E-state index < -0.39 is 5.97 Å². The Kier molecular flexibility index (Phi) is 5.37. The summed E-state index contributed by atoms with van der Waals surface area (Å²) in [5, 5.41) is 8.77. The normalized spacial score (nSPS) is 10.9. The van der Waals surface area contributed by atoms with E-state index in [4.69, 9.17) is 5.11 Å². The second-order valence-corrected chi connectivity index (χ2v) is 6.34. The lowest BCUT2D eigenvalue weighted by Gasteiger charge is -2.10. The average Bonchev–Trinajstić information content (AvgIpc) is 2.46. The third-order valence-corrected chi connectivity index (χ3v) is 3.83. The fourth-order valence-corrected chi connectivity index (χ4v) is 2.75. The SMILES string of the molecule is Cc1cc(CCC(=O)O)ccc1-c1ccc(CC(C)C)cc1. The van der Waals surface area contributed by atoms with Crippen LogP contribution in [-0.2, 0) is 17.6 Å². The molecule has 2 aromatic rings. The number of aryl methyl sites for hydroxylation is 2. The number of hydrogen-bond acceptors (Lipinski definition) is 1. The summed E-state index contributed by atoms with van der Waals surface area (Å²) in [4.78, 5) is 10.7. The Hall–Kier alpha value is -2.09. The lowest BCUT2D eigenvalue weighted by molar-refractivity contribution is -0.136. The van der Waals surface area contributed by atoms with Gasteiger partial charge < -0.3 is 5.11 Å². The van der Waals surface area contributed by atoms with E-state index in [1.165, 1.54) is 22.3 Å². The highest BCUT2D eigenvalue weighted by atomic mass is 16.4. The Morgan fingerprint density at radius 2 is 1.68 bits per heavy atom. The fraction of sp³-hybridized carbons (Fsp3) is 0.350. The van der Waals surface area contributed by atoms with Gasteiger partial charge in [-0.05, 0) is 53.5 Å². The predicted octanol–water partition coefficient (Wildman–Crippen LogP) is 4.88. The van der Waals surface area contributed by atoms with Crippen LogP contribution in [0, 0.1) is 12.8 Å². The van der Waals surface area contributed by atoms with Crippen LogP contribution >= 0.6 is 0 Å². The van der Waals surface area contributed by atoms with Gasteiger partial charge >= 0.3 is 5.97 Å². The van der Waals surface area contributed by atoms with E-state index in [0.717, 1.165) is 12.0 Å². The molecule has 0 fully saturated rings. The molecule has 0 aromatic heterocycles. The minimum absolute atomic E-state index is 0.183. The molecule has 116 valence electrons. The van der Waals surface area contributed by atoms with Gasteiger partial charge in [-0.2, -0.15) is 0 Å². The van der Waals surface area contributed by atoms with Crippen LogP contribution in [0.5, 0.6) is 0 Å². The zero-order valence-electron chi connectivity index (χ0n) is 13.6. The topological polar surface area (TPSA) is 37.3 Å². The van der Waals surface area contributed by atoms with Crippen molar-refractivity contribution in [3.05, 3.63) is 59.2 Å². The van der Waals surface area contributed by atoms with Gasteiger partial charge in [0.2, 0.25) is 0 Å². The minimum atomic E-state index is -0.748. The van der Waals surface area contributed by atoms with E-state index in [-0.39, 0.29) is 6.42 Å². The number of benzene rings is 2. The third-order valence-electron chi connectivity index (χ3n) is 3.83. The summed E-state index contributed by atoms with van der Waals surface area (Å²) in [5.41, 5.74) is 6.08. The first-order valence-corrected chi connectivity index (χ1v) is 7.86. The molecule has 0 amide bonds. The van der Waals surface area contributed by atoms with E-state index >= 15 is 0 Å². The van der Waals surface area contributed by atoms with Gasteiger partial charge in [0.1, 0.15) is 0 Å². The summed E-state index contributed by atoms with van der Waals surface area (Å²) in [6.45, 7) is 6.55. The lowest BCUT2D eigenvalue weighted by atomic mass is 9.95. The standard InChI is InChI=1S/C20H24O2/c1-14(2)12-16-4-8-18(9-5-16)19-10-6-17(13-15(19)3)7-11-20(21)22/h4-6,8-10,13-14H,7,11-12H2,1-3H3,(H,21,22). The molecule has 22 heavy (non-hydrogen) atoms. The van der Waals surface area contributed by atoms with Gasteiger partial charge in [0, 0.05) is 6.42 Å². The monoisotopic (exact) mass is 296 g/mol. The molecule has 0 aliphatic heterocycles. The highest BCUT2D eigenvalue weighted by Crippen LogP contribution is 2.25. The molecule has 0 radical (unpaired) electrons. The second-order valence-electron chi connectivity index (χ2n) is 6.34. The first-order chi connectivity index (χ1) is 10.5. The van der Waals surface area contributed by atoms with Gasteiger partial charge in [-0.25, -0.2) is 0 Å². The van der Waals surface area contributed by atoms with E-state index in [0.29, 0.717) is 12.3 Å². The first-order valence-electron chi connectivity index (χ1n) is 7.86. The Morgan fingerprint density at radius 3 is 2.23 bits per heavy atom. The molecule has 0 unspecified atom stereocenters. The maximum atomic E-state index is 10.7. The van der Waals surface area contributed by atoms with Gasteiger partial charge in [0.15, 0.2) is 0 Å². The van der Waals surface area contributed by atoms with E-state index in [1.54, 1.807) is 0 Å². The van der Waals surface area contributed by atoms with Crippen molar-refractivity contribution in [2.75, 3.05) is 0 Å². The Morgan fingerprint density at radius 1 is 1.05 bits per heavy atom. The molecule has 1 N–H and O–H groups in total. The number of carbonyl (C=O) groups is 1. The molecule has 2 aromatic carbocycles. The zero-order valence-corrected chi connectivity index (χ0v) is 13.6. The fourth-order valence-electron chi connectivity index (χ4n) is 2.75. The molecule has 0 aliphatic carbocycles. The molecule has 0 heterocycles. The number of aliphatic carboxylic acids is 1. The smallest absolute Gasteiger partial charge is 0.303 e. The van der Waals surface area contributed by atoms with Crippen LogP contribution in [0.3, 0.4) is 0 Å². The van der Waals surface area contributed by atoms with Crippen LogP contribution in [0.4, 0.5) is 0 Å². The lowest BCUT2D eigenvalue weighted by Crippen LogP contribution is -1.98. The Bertz CT molecular complexity index is 639. The molecule has 0 bridgehead atoms. The van der Waals surface area contributed by atoms with Crippen molar-refractivity contribution in [2.24, 2.45) is 5.92 Å². The van der Waals surface area contributed by atoms with E-state index in [9.17, 15) is 4.79 Å². The van der Waals surface area contributed by atoms with Crippen LogP contribution in [-0.4, -0.2) is 11.1 Å². The van der Waals surface area contributed by atoms with E-state index in [1.807, 2.05) is 6.07 Å². The number of hydrogen-bond donors (Lipinski definition) is 1. The first kappa shape index (κ1) is 16.3. The van der Waals surface area contributed by atoms with Gasteiger partial charge in [-0.1, -0.05) is 56.3 Å². The summed E-state index contributed by atoms with van der Waals surface area (Å²) in [6, 6.07) is 15.0. The molecular formula is C20H24O2. The average molecular weight is 296 g/mol. The number of carboxylic acids is 1. The molecule has 0 spiro atoms. The van der Waals surface area contributed by atoms with Gasteiger partial charge in [0.25, 0.3) is 0 Å². The molecule has 0 saturated heterocycles. The highest BCUT2D eigenvalue weighted by Gasteiger charge is 2.05. The van der Waals surface area contributed by atoms with Crippen LogP contribution in [0.15, 0.2) is 42.5 Å². The van der Waals surface area contributed by atoms with Gasteiger partial charge in [-0.3, -0.25) is 4.79 Å². The van der Waals surface area contributed by atoms with Crippen molar-refractivity contribution in [2.45, 2.75) is 40.0 Å². The summed E-state index contributed by atoms with van der Waals surface area (Å²) in [7, 11) is 0. The third kappa shape index (κ3) is 4.45. The molecule has 0 atom stereocenters. The van der Waals surface area contributed by atoms with Crippen LogP contribution in [0.2, 0.25) is 0 Å². The quantitative estimate of drug-likeness (QED) is 0.825. The Labute approximate surface area is 132 Å². The van der Waals surface area contributed by atoms with Crippen molar-refractivity contribution >= 4 is 5.97 Å². The van der Waals surface area contributed by atoms with Gasteiger partial charge in [-0.15, -0.1) is 0 Å². The van der Waals surface area contributed by atoms with Gasteiger partial charge in [0.05, 0.1) is 0 Å². The summed E-state index contributed by atoms with van der Waals surface area (Å²) in [6.07, 6.45) is 1.87. The molecule has 2 rings (SSSR count). The number of carboxylic acid groups (broad SMARTS) is 1. The van der Waals surface area contributed by atoms with Crippen molar-refractivity contribution in [3.8, 4) is 11.1 Å². The van der Waals surface area contributed by atoms with Crippen molar-refractivity contribution < 1.29 is 9.90 Å². The molecular weight excluding hydrogens is 272 g/mol. The maximum Gasteiger partial charge on any atom is 0.303 e. The minimum Gasteiger partial charge on any atom is -0.481 e. The molecule has 2 nitrogen and oxygen atoms in total. The maximum absolute atomic E-state index is 10.7. The predicted molar refractivity (Wildman–Crippen MR) is 91.1 cm³/mol. The van der Waals surface area contributed by atoms with Crippen molar-refractivity contribution in [3.63, 3.8) is 0 Å². The summed E-state index contributed by atoms with van der Waals surface area (Å²) >= 11 is 0. The Balaban J connectivity index is 2.16.